The summed E-state index contributed by atoms with van der Waals surface area (Å²) in [6, 6.07) is 3.00. The molecule has 116 valence electrons. The predicted octanol–water partition coefficient (Wildman–Crippen LogP) is 2.37. The van der Waals surface area contributed by atoms with Crippen molar-refractivity contribution in [3.05, 3.63) is 29.8 Å². The van der Waals surface area contributed by atoms with Crippen molar-refractivity contribution in [3.8, 4) is 5.75 Å². The molecule has 3 atom stereocenters. The number of hydrogen-bond donors (Lipinski definition) is 0. The van der Waals surface area contributed by atoms with E-state index >= 15 is 0 Å². The number of amides is 1. The van der Waals surface area contributed by atoms with Gasteiger partial charge in [-0.05, 0) is 32.9 Å². The Morgan fingerprint density at radius 3 is 2.52 bits per heavy atom. The van der Waals surface area contributed by atoms with Gasteiger partial charge in [0.25, 0.3) is 5.91 Å². The van der Waals surface area contributed by atoms with Crippen molar-refractivity contribution < 1.29 is 23.0 Å². The maximum absolute atomic E-state index is 13.5. The molecular weight excluding hydrogens is 280 g/mol. The van der Waals surface area contributed by atoms with E-state index in [1.807, 2.05) is 13.8 Å². The fourth-order valence-electron chi connectivity index (χ4n) is 2.43. The molecule has 1 fully saturated rings. The molecule has 0 N–H and O–H groups in total. The number of carbonyl (C=O) groups is 1. The quantitative estimate of drug-likeness (QED) is 0.860. The summed E-state index contributed by atoms with van der Waals surface area (Å²) in [5, 5.41) is 0. The number of morpholine rings is 1. The van der Waals surface area contributed by atoms with Gasteiger partial charge in [0.1, 0.15) is 5.82 Å². The van der Waals surface area contributed by atoms with Crippen molar-refractivity contribution >= 4 is 5.91 Å². The van der Waals surface area contributed by atoms with E-state index in [0.29, 0.717) is 13.1 Å². The first-order valence-corrected chi connectivity index (χ1v) is 6.92. The Kier molecular flexibility index (Phi) is 4.77. The van der Waals surface area contributed by atoms with Crippen LogP contribution in [0.25, 0.3) is 0 Å². The van der Waals surface area contributed by atoms with Crippen molar-refractivity contribution in [3.63, 3.8) is 0 Å². The second-order valence-electron chi connectivity index (χ2n) is 5.34. The Balaban J connectivity index is 2.02. The zero-order chi connectivity index (χ0) is 15.6. The van der Waals surface area contributed by atoms with E-state index in [1.165, 1.54) is 6.07 Å². The Morgan fingerprint density at radius 1 is 1.33 bits per heavy atom. The Bertz CT molecular complexity index is 514. The molecule has 1 aromatic carbocycles. The molecule has 6 heteroatoms. The first-order chi connectivity index (χ1) is 9.86. The van der Waals surface area contributed by atoms with Crippen LogP contribution in [0.2, 0.25) is 0 Å². The standard InChI is InChI=1S/C15H19F2NO3/c1-9-7-18(8-10(2)20-9)15(19)11(3)21-14-5-4-12(16)6-13(14)17/h4-6,9-11H,7-8H2,1-3H3. The average molecular weight is 299 g/mol. The average Bonchev–Trinajstić information content (AvgIpc) is 2.40. The molecule has 21 heavy (non-hydrogen) atoms. The number of benzene rings is 1. The van der Waals surface area contributed by atoms with Crippen LogP contribution < -0.4 is 4.74 Å². The van der Waals surface area contributed by atoms with Gasteiger partial charge in [-0.15, -0.1) is 0 Å². The third kappa shape index (κ3) is 3.91. The molecule has 0 aliphatic carbocycles. The molecule has 3 unspecified atom stereocenters. The van der Waals surface area contributed by atoms with Crippen LogP contribution in [0, 0.1) is 11.6 Å². The van der Waals surface area contributed by atoms with Gasteiger partial charge in [0.15, 0.2) is 17.7 Å². The van der Waals surface area contributed by atoms with Crippen LogP contribution in [-0.4, -0.2) is 42.2 Å². The number of nitrogens with zero attached hydrogens (tertiary/aromatic N) is 1. The van der Waals surface area contributed by atoms with Gasteiger partial charge >= 0.3 is 0 Å². The summed E-state index contributed by atoms with van der Waals surface area (Å²) in [5.41, 5.74) is 0. The van der Waals surface area contributed by atoms with Gasteiger partial charge in [0.05, 0.1) is 12.2 Å². The van der Waals surface area contributed by atoms with Crippen LogP contribution in [0.3, 0.4) is 0 Å². The van der Waals surface area contributed by atoms with E-state index in [0.717, 1.165) is 12.1 Å². The second kappa shape index (κ2) is 6.39. The Labute approximate surface area is 122 Å². The lowest BCUT2D eigenvalue weighted by Gasteiger charge is -2.36. The van der Waals surface area contributed by atoms with E-state index in [2.05, 4.69) is 0 Å². The highest BCUT2D eigenvalue weighted by molar-refractivity contribution is 5.81. The minimum absolute atomic E-state index is 0.0487. The zero-order valence-electron chi connectivity index (χ0n) is 12.3. The third-order valence-corrected chi connectivity index (χ3v) is 3.28. The largest absolute Gasteiger partial charge is 0.478 e. The third-order valence-electron chi connectivity index (χ3n) is 3.28. The summed E-state index contributed by atoms with van der Waals surface area (Å²) in [6.07, 6.45) is -0.942. The van der Waals surface area contributed by atoms with Crippen molar-refractivity contribution in [2.75, 3.05) is 13.1 Å². The summed E-state index contributed by atoms with van der Waals surface area (Å²) >= 11 is 0. The van der Waals surface area contributed by atoms with Crippen molar-refractivity contribution in [1.29, 1.82) is 0 Å². The van der Waals surface area contributed by atoms with Gasteiger partial charge in [-0.2, -0.15) is 0 Å². The van der Waals surface area contributed by atoms with Gasteiger partial charge in [0.2, 0.25) is 0 Å². The summed E-state index contributed by atoms with van der Waals surface area (Å²) in [5.74, 6) is -1.87. The van der Waals surface area contributed by atoms with Crippen LogP contribution in [0.1, 0.15) is 20.8 Å². The first-order valence-electron chi connectivity index (χ1n) is 6.92. The molecule has 4 nitrogen and oxygen atoms in total. The van der Waals surface area contributed by atoms with Crippen LogP contribution in [-0.2, 0) is 9.53 Å². The molecule has 1 aliphatic heterocycles. The summed E-state index contributed by atoms with van der Waals surface area (Å²) < 4.78 is 37.2. The molecule has 1 saturated heterocycles. The fraction of sp³-hybridized carbons (Fsp3) is 0.533. The van der Waals surface area contributed by atoms with Crippen LogP contribution in [0.4, 0.5) is 8.78 Å². The summed E-state index contributed by atoms with van der Waals surface area (Å²) in [4.78, 5) is 14.0. The van der Waals surface area contributed by atoms with Gasteiger partial charge in [-0.1, -0.05) is 0 Å². The second-order valence-corrected chi connectivity index (χ2v) is 5.34. The Morgan fingerprint density at radius 2 is 1.95 bits per heavy atom. The summed E-state index contributed by atoms with van der Waals surface area (Å²) in [6.45, 7) is 6.28. The predicted molar refractivity (Wildman–Crippen MR) is 73.0 cm³/mol. The number of hydrogen-bond acceptors (Lipinski definition) is 3. The number of carbonyl (C=O) groups excluding carboxylic acids is 1. The number of ether oxygens (including phenoxy) is 2. The summed E-state index contributed by atoms with van der Waals surface area (Å²) in [7, 11) is 0. The van der Waals surface area contributed by atoms with Gasteiger partial charge in [-0.25, -0.2) is 8.78 Å². The molecule has 0 bridgehead atoms. The minimum Gasteiger partial charge on any atom is -0.478 e. The number of rotatable bonds is 3. The molecule has 0 aromatic heterocycles. The molecular formula is C15H19F2NO3. The minimum atomic E-state index is -0.845. The molecule has 0 spiro atoms. The van der Waals surface area contributed by atoms with Gasteiger partial charge < -0.3 is 14.4 Å². The Hall–Kier alpha value is -1.69. The lowest BCUT2D eigenvalue weighted by Crippen LogP contribution is -2.51. The smallest absolute Gasteiger partial charge is 0.263 e. The normalized spacial score (nSPS) is 23.8. The van der Waals surface area contributed by atoms with Crippen molar-refractivity contribution in [2.24, 2.45) is 0 Å². The van der Waals surface area contributed by atoms with Crippen LogP contribution in [0.5, 0.6) is 5.75 Å². The lowest BCUT2D eigenvalue weighted by atomic mass is 10.2. The molecule has 0 radical (unpaired) electrons. The monoisotopic (exact) mass is 299 g/mol. The van der Waals surface area contributed by atoms with Crippen LogP contribution >= 0.6 is 0 Å². The molecule has 0 saturated carbocycles. The molecule has 1 amide bonds. The highest BCUT2D eigenvalue weighted by Crippen LogP contribution is 2.20. The molecule has 2 rings (SSSR count). The van der Waals surface area contributed by atoms with Gasteiger partial charge in [0, 0.05) is 19.2 Å². The SMILES string of the molecule is CC1CN(C(=O)C(C)Oc2ccc(F)cc2F)CC(C)O1. The van der Waals surface area contributed by atoms with E-state index in [1.54, 1.807) is 11.8 Å². The van der Waals surface area contributed by atoms with Crippen LogP contribution in [0.15, 0.2) is 18.2 Å². The van der Waals surface area contributed by atoms with E-state index in [-0.39, 0.29) is 23.9 Å². The highest BCUT2D eigenvalue weighted by atomic mass is 19.1. The molecule has 1 aliphatic rings. The van der Waals surface area contributed by atoms with Crippen molar-refractivity contribution in [2.45, 2.75) is 39.1 Å². The first kappa shape index (κ1) is 15.7. The van der Waals surface area contributed by atoms with E-state index in [9.17, 15) is 13.6 Å². The molecule has 1 aromatic rings. The van der Waals surface area contributed by atoms with Gasteiger partial charge in [-0.3, -0.25) is 4.79 Å². The zero-order valence-corrected chi connectivity index (χ0v) is 12.3. The van der Waals surface area contributed by atoms with E-state index in [4.69, 9.17) is 9.47 Å². The van der Waals surface area contributed by atoms with Crippen molar-refractivity contribution in [1.82, 2.24) is 4.90 Å². The maximum atomic E-state index is 13.5. The topological polar surface area (TPSA) is 38.8 Å². The fourth-order valence-corrected chi connectivity index (χ4v) is 2.43. The molecule has 1 heterocycles. The number of halogens is 2. The lowest BCUT2D eigenvalue weighted by molar-refractivity contribution is -0.149. The highest BCUT2D eigenvalue weighted by Gasteiger charge is 2.29. The maximum Gasteiger partial charge on any atom is 0.263 e. The van der Waals surface area contributed by atoms with E-state index < -0.39 is 17.7 Å².